The molecule has 0 saturated heterocycles. The number of H-pyrrole nitrogens is 1. The van der Waals surface area contributed by atoms with E-state index in [9.17, 15) is 9.59 Å². The fourth-order valence-electron chi connectivity index (χ4n) is 1.88. The predicted molar refractivity (Wildman–Crippen MR) is 68.8 cm³/mol. The van der Waals surface area contributed by atoms with Gasteiger partial charge in [-0.25, -0.2) is 4.79 Å². The lowest BCUT2D eigenvalue weighted by Crippen LogP contribution is -2.28. The van der Waals surface area contributed by atoms with E-state index in [0.717, 1.165) is 0 Å². The van der Waals surface area contributed by atoms with Crippen molar-refractivity contribution >= 4 is 11.9 Å². The van der Waals surface area contributed by atoms with Crippen molar-refractivity contribution in [3.05, 3.63) is 22.5 Å². The van der Waals surface area contributed by atoms with Gasteiger partial charge in [0.2, 0.25) is 0 Å². The van der Waals surface area contributed by atoms with Crippen LogP contribution in [0.5, 0.6) is 0 Å². The quantitative estimate of drug-likeness (QED) is 0.832. The number of methoxy groups -OCH3 is 1. The van der Waals surface area contributed by atoms with E-state index in [2.05, 4.69) is 9.72 Å². The first-order valence-electron chi connectivity index (χ1n) is 5.83. The third-order valence-electron chi connectivity index (χ3n) is 2.95. The number of carbonyl (C=O) groups excluding carboxylic acids is 2. The molecule has 6 nitrogen and oxygen atoms in total. The molecule has 1 N–H and O–H groups in total. The average molecular weight is 263 g/mol. The number of carbonyl (C=O) groups is 2. The number of nitrogens with zero attached hydrogens (tertiary/aromatic N) is 2. The highest BCUT2D eigenvalue weighted by Gasteiger charge is 2.24. The maximum absolute atomic E-state index is 12.2. The lowest BCUT2D eigenvalue weighted by atomic mass is 10.1. The summed E-state index contributed by atoms with van der Waals surface area (Å²) in [5.41, 5.74) is 1.91. The normalized spacial score (nSPS) is 9.84. The summed E-state index contributed by atoms with van der Waals surface area (Å²) < 4.78 is 4.69. The van der Waals surface area contributed by atoms with Gasteiger partial charge in [-0.15, -0.1) is 0 Å². The van der Waals surface area contributed by atoms with Crippen molar-refractivity contribution in [1.82, 2.24) is 9.88 Å². The Labute approximate surface area is 112 Å². The molecule has 0 fully saturated rings. The van der Waals surface area contributed by atoms with Gasteiger partial charge in [0, 0.05) is 19.3 Å². The molecule has 1 aromatic heterocycles. The van der Waals surface area contributed by atoms with Gasteiger partial charge in [0.25, 0.3) is 5.91 Å². The van der Waals surface area contributed by atoms with E-state index in [1.165, 1.54) is 12.0 Å². The van der Waals surface area contributed by atoms with Crippen LogP contribution in [0.4, 0.5) is 0 Å². The van der Waals surface area contributed by atoms with Crippen molar-refractivity contribution in [2.24, 2.45) is 0 Å². The number of aryl methyl sites for hydroxylation is 1. The second-order valence-corrected chi connectivity index (χ2v) is 4.25. The number of ether oxygens (including phenoxy) is 1. The number of hydrogen-bond donors (Lipinski definition) is 1. The SMILES string of the molecule is COC(=O)c1c(C)[nH]c(C(=O)N(C)CCC#N)c1C. The maximum Gasteiger partial charge on any atom is 0.339 e. The number of nitriles is 1. The summed E-state index contributed by atoms with van der Waals surface area (Å²) in [5, 5.41) is 8.52. The van der Waals surface area contributed by atoms with Crippen LogP contribution >= 0.6 is 0 Å². The number of rotatable bonds is 4. The minimum absolute atomic E-state index is 0.244. The van der Waals surface area contributed by atoms with Crippen LogP contribution in [0.15, 0.2) is 0 Å². The minimum atomic E-state index is -0.468. The summed E-state index contributed by atoms with van der Waals surface area (Å²) in [4.78, 5) is 28.2. The van der Waals surface area contributed by atoms with Crippen LogP contribution in [0.3, 0.4) is 0 Å². The molecule has 0 saturated carbocycles. The third kappa shape index (κ3) is 2.94. The van der Waals surface area contributed by atoms with E-state index in [1.54, 1.807) is 20.9 Å². The predicted octanol–water partition coefficient (Wildman–Crippen LogP) is 1.40. The van der Waals surface area contributed by atoms with Crippen molar-refractivity contribution < 1.29 is 14.3 Å². The lowest BCUT2D eigenvalue weighted by Gasteiger charge is -2.14. The molecule has 0 unspecified atom stereocenters. The van der Waals surface area contributed by atoms with E-state index in [1.807, 2.05) is 6.07 Å². The molecule has 1 amide bonds. The van der Waals surface area contributed by atoms with E-state index in [-0.39, 0.29) is 12.3 Å². The van der Waals surface area contributed by atoms with Gasteiger partial charge < -0.3 is 14.6 Å². The Kier molecular flexibility index (Phi) is 4.70. The number of nitrogens with one attached hydrogen (secondary N) is 1. The average Bonchev–Trinajstić information content (AvgIpc) is 2.69. The van der Waals surface area contributed by atoms with Crippen LogP contribution in [-0.4, -0.2) is 42.5 Å². The Balaban J connectivity index is 3.06. The Morgan fingerprint density at radius 2 is 2.05 bits per heavy atom. The van der Waals surface area contributed by atoms with Gasteiger partial charge in [-0.3, -0.25) is 4.79 Å². The largest absolute Gasteiger partial charge is 0.465 e. The lowest BCUT2D eigenvalue weighted by molar-refractivity contribution is 0.0599. The summed E-state index contributed by atoms with van der Waals surface area (Å²) in [6, 6.07) is 1.99. The summed E-state index contributed by atoms with van der Waals surface area (Å²) in [5.74, 6) is -0.712. The van der Waals surface area contributed by atoms with Gasteiger partial charge in [0.1, 0.15) is 5.69 Å². The smallest absolute Gasteiger partial charge is 0.339 e. The number of hydrogen-bond acceptors (Lipinski definition) is 4. The molecule has 0 spiro atoms. The first kappa shape index (κ1) is 14.8. The number of aromatic amines is 1. The number of aromatic nitrogens is 1. The van der Waals surface area contributed by atoms with Crippen LogP contribution in [-0.2, 0) is 4.74 Å². The fourth-order valence-corrected chi connectivity index (χ4v) is 1.88. The molecular formula is C13H17N3O3. The molecule has 19 heavy (non-hydrogen) atoms. The van der Waals surface area contributed by atoms with Crippen LogP contribution in [0.25, 0.3) is 0 Å². The summed E-state index contributed by atoms with van der Waals surface area (Å²) in [6.07, 6.45) is 0.269. The molecule has 0 aromatic carbocycles. The molecule has 0 radical (unpaired) electrons. The third-order valence-corrected chi connectivity index (χ3v) is 2.95. The second kappa shape index (κ2) is 6.05. The zero-order valence-electron chi connectivity index (χ0n) is 11.5. The van der Waals surface area contributed by atoms with Crippen molar-refractivity contribution in [2.45, 2.75) is 20.3 Å². The van der Waals surface area contributed by atoms with E-state index >= 15 is 0 Å². The Morgan fingerprint density at radius 3 is 2.58 bits per heavy atom. The monoisotopic (exact) mass is 263 g/mol. The first-order chi connectivity index (χ1) is 8.93. The fraction of sp³-hybridized carbons (Fsp3) is 0.462. The van der Waals surface area contributed by atoms with Gasteiger partial charge in [-0.2, -0.15) is 5.26 Å². The summed E-state index contributed by atoms with van der Waals surface area (Å²) in [7, 11) is 2.92. The topological polar surface area (TPSA) is 86.2 Å². The standard InChI is InChI=1S/C13H17N3O3/c1-8-10(13(18)19-4)9(2)15-11(8)12(17)16(3)7-5-6-14/h15H,5,7H2,1-4H3. The Hall–Kier alpha value is -2.29. The molecule has 102 valence electrons. The van der Waals surface area contributed by atoms with Crippen molar-refractivity contribution in [3.63, 3.8) is 0 Å². The van der Waals surface area contributed by atoms with Gasteiger partial charge in [-0.1, -0.05) is 0 Å². The first-order valence-corrected chi connectivity index (χ1v) is 5.83. The number of esters is 1. The molecule has 1 aromatic rings. The van der Waals surface area contributed by atoms with E-state index < -0.39 is 5.97 Å². The zero-order valence-corrected chi connectivity index (χ0v) is 11.5. The van der Waals surface area contributed by atoms with Gasteiger partial charge >= 0.3 is 5.97 Å². The van der Waals surface area contributed by atoms with Crippen LogP contribution in [0.2, 0.25) is 0 Å². The van der Waals surface area contributed by atoms with Gasteiger partial charge in [0.05, 0.1) is 25.2 Å². The maximum atomic E-state index is 12.2. The summed E-state index contributed by atoms with van der Waals surface area (Å²) in [6.45, 7) is 3.76. The molecule has 0 atom stereocenters. The minimum Gasteiger partial charge on any atom is -0.465 e. The molecule has 0 bridgehead atoms. The van der Waals surface area contributed by atoms with Gasteiger partial charge in [0.15, 0.2) is 0 Å². The molecule has 0 aliphatic rings. The molecule has 6 heteroatoms. The van der Waals surface area contributed by atoms with Gasteiger partial charge in [-0.05, 0) is 19.4 Å². The van der Waals surface area contributed by atoms with E-state index in [0.29, 0.717) is 29.1 Å². The van der Waals surface area contributed by atoms with Crippen LogP contribution < -0.4 is 0 Å². The highest BCUT2D eigenvalue weighted by atomic mass is 16.5. The molecular weight excluding hydrogens is 246 g/mol. The summed E-state index contributed by atoms with van der Waals surface area (Å²) >= 11 is 0. The van der Waals surface area contributed by atoms with Crippen LogP contribution in [0.1, 0.15) is 38.5 Å². The highest BCUT2D eigenvalue weighted by molar-refractivity contribution is 6.00. The highest BCUT2D eigenvalue weighted by Crippen LogP contribution is 2.20. The molecule has 1 rings (SSSR count). The van der Waals surface area contributed by atoms with Crippen molar-refractivity contribution in [3.8, 4) is 6.07 Å². The van der Waals surface area contributed by atoms with Crippen molar-refractivity contribution in [2.75, 3.05) is 20.7 Å². The number of amides is 1. The zero-order chi connectivity index (χ0) is 14.6. The van der Waals surface area contributed by atoms with Crippen molar-refractivity contribution in [1.29, 1.82) is 5.26 Å². The Bertz CT molecular complexity index is 540. The Morgan fingerprint density at radius 1 is 1.42 bits per heavy atom. The second-order valence-electron chi connectivity index (χ2n) is 4.25. The molecule has 0 aliphatic heterocycles. The molecule has 1 heterocycles. The van der Waals surface area contributed by atoms with Crippen LogP contribution in [0, 0.1) is 25.2 Å². The molecule has 0 aliphatic carbocycles. The van der Waals surface area contributed by atoms with E-state index in [4.69, 9.17) is 5.26 Å².